The van der Waals surface area contributed by atoms with Gasteiger partial charge >= 0.3 is 12.1 Å². The lowest BCUT2D eigenvalue weighted by atomic mass is 9.78. The lowest BCUT2D eigenvalue weighted by Crippen LogP contribution is -2.47. The maximum atomic E-state index is 12.9. The van der Waals surface area contributed by atoms with Crippen LogP contribution in [0, 0.1) is 5.41 Å². The zero-order chi connectivity index (χ0) is 17.8. The summed E-state index contributed by atoms with van der Waals surface area (Å²) in [7, 11) is 1.22. The van der Waals surface area contributed by atoms with Crippen LogP contribution in [0.2, 0.25) is 0 Å². The van der Waals surface area contributed by atoms with Crippen LogP contribution in [0.4, 0.5) is 4.79 Å². The minimum Gasteiger partial charge on any atom is -0.467 e. The Labute approximate surface area is 137 Å². The zero-order valence-corrected chi connectivity index (χ0v) is 14.3. The van der Waals surface area contributed by atoms with E-state index < -0.39 is 35.0 Å². The van der Waals surface area contributed by atoms with Crippen LogP contribution in [-0.2, 0) is 19.1 Å². The van der Waals surface area contributed by atoms with Gasteiger partial charge in [0.1, 0.15) is 11.6 Å². The lowest BCUT2D eigenvalue weighted by molar-refractivity contribution is -0.149. The molecule has 0 aromatic carbocycles. The van der Waals surface area contributed by atoms with Crippen molar-refractivity contribution in [1.29, 1.82) is 0 Å². The monoisotopic (exact) mass is 323 g/mol. The molecule has 1 atom stereocenters. The number of hydrogen-bond acceptors (Lipinski definition) is 5. The Balaban J connectivity index is 3.24. The summed E-state index contributed by atoms with van der Waals surface area (Å²) in [5.74, 6) is -1.10. The maximum absolute atomic E-state index is 12.9. The molecule has 2 amide bonds. The van der Waals surface area contributed by atoms with Crippen LogP contribution >= 0.6 is 0 Å². The summed E-state index contributed by atoms with van der Waals surface area (Å²) >= 11 is 0. The summed E-state index contributed by atoms with van der Waals surface area (Å²) in [6, 6.07) is -0.998. The SMILES string of the molecule is C=CCC1(CC=C)CC(C(=O)OC)N(C(=O)OC(C)(C)C)C1=O. The van der Waals surface area contributed by atoms with E-state index >= 15 is 0 Å². The average Bonchev–Trinajstić information content (AvgIpc) is 2.71. The molecule has 0 bridgehead atoms. The zero-order valence-electron chi connectivity index (χ0n) is 14.3. The normalized spacial score (nSPS) is 20.1. The Morgan fingerprint density at radius 1 is 1.30 bits per heavy atom. The highest BCUT2D eigenvalue weighted by Crippen LogP contribution is 2.43. The predicted molar refractivity (Wildman–Crippen MR) is 85.6 cm³/mol. The molecule has 1 rings (SSSR count). The van der Waals surface area contributed by atoms with Gasteiger partial charge in [-0.3, -0.25) is 4.79 Å². The number of imide groups is 1. The van der Waals surface area contributed by atoms with Gasteiger partial charge in [-0.1, -0.05) is 12.2 Å². The van der Waals surface area contributed by atoms with E-state index in [-0.39, 0.29) is 6.42 Å². The standard InChI is InChI=1S/C17H25NO5/c1-7-9-17(10-8-2)11-12(13(19)22-6)18(14(17)20)15(21)23-16(3,4)5/h7-8,12H,1-2,9-11H2,3-6H3. The smallest absolute Gasteiger partial charge is 0.417 e. The topological polar surface area (TPSA) is 72.9 Å². The van der Waals surface area contributed by atoms with Crippen LogP contribution in [-0.4, -0.2) is 41.6 Å². The molecule has 1 saturated heterocycles. The Bertz CT molecular complexity index is 508. The molecule has 0 N–H and O–H groups in total. The number of methoxy groups -OCH3 is 1. The van der Waals surface area contributed by atoms with E-state index in [0.29, 0.717) is 12.8 Å². The number of hydrogen-bond donors (Lipinski definition) is 0. The minimum absolute atomic E-state index is 0.162. The average molecular weight is 323 g/mol. The van der Waals surface area contributed by atoms with E-state index in [1.165, 1.54) is 7.11 Å². The molecule has 0 radical (unpaired) electrons. The van der Waals surface area contributed by atoms with Gasteiger partial charge in [-0.2, -0.15) is 0 Å². The van der Waals surface area contributed by atoms with Gasteiger partial charge in [0, 0.05) is 0 Å². The molecule has 1 aliphatic rings. The van der Waals surface area contributed by atoms with E-state index in [4.69, 9.17) is 9.47 Å². The van der Waals surface area contributed by atoms with Crippen LogP contribution in [0.15, 0.2) is 25.3 Å². The second-order valence-electron chi connectivity index (χ2n) is 6.66. The van der Waals surface area contributed by atoms with Crippen molar-refractivity contribution in [3.63, 3.8) is 0 Å². The largest absolute Gasteiger partial charge is 0.467 e. The van der Waals surface area contributed by atoms with Crippen molar-refractivity contribution in [2.24, 2.45) is 5.41 Å². The number of carbonyl (C=O) groups is 3. The molecule has 6 heteroatoms. The van der Waals surface area contributed by atoms with Crippen LogP contribution in [0.3, 0.4) is 0 Å². The molecular formula is C17H25NO5. The molecule has 0 spiro atoms. The number of allylic oxidation sites excluding steroid dienone is 2. The molecule has 0 saturated carbocycles. The number of esters is 1. The van der Waals surface area contributed by atoms with Crippen molar-refractivity contribution in [2.45, 2.75) is 51.7 Å². The maximum Gasteiger partial charge on any atom is 0.417 e. The van der Waals surface area contributed by atoms with Crippen molar-refractivity contribution in [2.75, 3.05) is 7.11 Å². The van der Waals surface area contributed by atoms with Gasteiger partial charge in [0.15, 0.2) is 0 Å². The third-order valence-corrected chi connectivity index (χ3v) is 3.70. The van der Waals surface area contributed by atoms with Crippen molar-refractivity contribution >= 4 is 18.0 Å². The van der Waals surface area contributed by atoms with Crippen LogP contribution in [0.25, 0.3) is 0 Å². The Kier molecular flexibility index (Phi) is 5.75. The highest BCUT2D eigenvalue weighted by molar-refractivity contribution is 6.02. The second kappa shape index (κ2) is 6.98. The summed E-state index contributed by atoms with van der Waals surface area (Å²) < 4.78 is 10.0. The van der Waals surface area contributed by atoms with Crippen molar-refractivity contribution < 1.29 is 23.9 Å². The minimum atomic E-state index is -0.998. The Hall–Kier alpha value is -2.11. The number of amides is 2. The summed E-state index contributed by atoms with van der Waals surface area (Å²) in [6.45, 7) is 12.4. The summed E-state index contributed by atoms with van der Waals surface area (Å²) in [5, 5.41) is 0. The summed E-state index contributed by atoms with van der Waals surface area (Å²) in [5.41, 5.74) is -1.70. The van der Waals surface area contributed by atoms with Crippen LogP contribution in [0.1, 0.15) is 40.0 Å². The van der Waals surface area contributed by atoms with E-state index in [0.717, 1.165) is 4.90 Å². The van der Waals surface area contributed by atoms with Gasteiger partial charge in [0.05, 0.1) is 12.5 Å². The fraction of sp³-hybridized carbons (Fsp3) is 0.588. The summed E-state index contributed by atoms with van der Waals surface area (Å²) in [4.78, 5) is 38.2. The van der Waals surface area contributed by atoms with Gasteiger partial charge in [-0.15, -0.1) is 13.2 Å². The van der Waals surface area contributed by atoms with E-state index in [9.17, 15) is 14.4 Å². The van der Waals surface area contributed by atoms with Crippen LogP contribution < -0.4 is 0 Å². The van der Waals surface area contributed by atoms with Gasteiger partial charge in [0.25, 0.3) is 0 Å². The molecule has 128 valence electrons. The number of ether oxygens (including phenoxy) is 2. The number of nitrogens with zero attached hydrogens (tertiary/aromatic N) is 1. The van der Waals surface area contributed by atoms with E-state index in [1.54, 1.807) is 32.9 Å². The van der Waals surface area contributed by atoms with Gasteiger partial charge in [-0.05, 0) is 40.0 Å². The molecule has 6 nitrogen and oxygen atoms in total. The quantitative estimate of drug-likeness (QED) is 0.574. The fourth-order valence-corrected chi connectivity index (χ4v) is 2.77. The van der Waals surface area contributed by atoms with Gasteiger partial charge in [-0.25, -0.2) is 14.5 Å². The third-order valence-electron chi connectivity index (χ3n) is 3.70. The third kappa shape index (κ3) is 4.00. The molecule has 1 aliphatic heterocycles. The Morgan fingerprint density at radius 2 is 1.83 bits per heavy atom. The molecule has 0 aromatic heterocycles. The number of rotatable bonds is 5. The molecule has 1 heterocycles. The second-order valence-corrected chi connectivity index (χ2v) is 6.66. The highest BCUT2D eigenvalue weighted by Gasteiger charge is 2.56. The first-order valence-electron chi connectivity index (χ1n) is 7.48. The highest BCUT2D eigenvalue weighted by atomic mass is 16.6. The summed E-state index contributed by atoms with van der Waals surface area (Å²) in [6.07, 6.45) is 3.21. The van der Waals surface area contributed by atoms with Gasteiger partial charge in [0.2, 0.25) is 5.91 Å². The van der Waals surface area contributed by atoms with Crippen molar-refractivity contribution in [1.82, 2.24) is 4.90 Å². The fourth-order valence-electron chi connectivity index (χ4n) is 2.77. The number of carbonyl (C=O) groups excluding carboxylic acids is 3. The van der Waals surface area contributed by atoms with E-state index in [2.05, 4.69) is 13.2 Å². The van der Waals surface area contributed by atoms with Gasteiger partial charge < -0.3 is 9.47 Å². The molecule has 23 heavy (non-hydrogen) atoms. The predicted octanol–water partition coefficient (Wildman–Crippen LogP) is 2.83. The first kappa shape index (κ1) is 18.9. The molecule has 1 unspecified atom stereocenters. The molecule has 0 aromatic rings. The Morgan fingerprint density at radius 3 is 2.22 bits per heavy atom. The molecular weight excluding hydrogens is 298 g/mol. The van der Waals surface area contributed by atoms with Crippen molar-refractivity contribution in [3.8, 4) is 0 Å². The molecule has 1 fully saturated rings. The first-order valence-corrected chi connectivity index (χ1v) is 7.48. The first-order chi connectivity index (χ1) is 10.6. The lowest BCUT2D eigenvalue weighted by Gasteiger charge is -2.27. The van der Waals surface area contributed by atoms with Crippen LogP contribution in [0.5, 0.6) is 0 Å². The molecule has 0 aliphatic carbocycles. The van der Waals surface area contributed by atoms with E-state index in [1.807, 2.05) is 0 Å². The van der Waals surface area contributed by atoms with Crippen molar-refractivity contribution in [3.05, 3.63) is 25.3 Å². The number of likely N-dealkylation sites (tertiary alicyclic amines) is 1.